The van der Waals surface area contributed by atoms with E-state index in [2.05, 4.69) is 5.32 Å². The second-order valence-electron chi connectivity index (χ2n) is 3.50. The molecule has 1 unspecified atom stereocenters. The lowest BCUT2D eigenvalue weighted by Gasteiger charge is -2.31. The number of carbonyl (C=O) groups is 2. The van der Waals surface area contributed by atoms with Crippen LogP contribution >= 0.6 is 46.4 Å². The first-order valence-corrected chi connectivity index (χ1v) is 6.18. The maximum absolute atomic E-state index is 11.8. The van der Waals surface area contributed by atoms with Crippen molar-refractivity contribution >= 4 is 57.6 Å². The van der Waals surface area contributed by atoms with E-state index in [-0.39, 0.29) is 16.9 Å². The maximum atomic E-state index is 11.8. The summed E-state index contributed by atoms with van der Waals surface area (Å²) in [6.45, 7) is 0. The molecule has 1 aromatic rings. The Bertz CT molecular complexity index is 526. The van der Waals surface area contributed by atoms with E-state index in [0.717, 1.165) is 0 Å². The molecule has 18 heavy (non-hydrogen) atoms. The summed E-state index contributed by atoms with van der Waals surface area (Å²) in [5.74, 6) is -0.288. The second-order valence-corrected chi connectivity index (χ2v) is 6.21. The van der Waals surface area contributed by atoms with Gasteiger partial charge >= 0.3 is 0 Å². The van der Waals surface area contributed by atoms with Gasteiger partial charge in [0.2, 0.25) is 10.0 Å². The van der Waals surface area contributed by atoms with Crippen LogP contribution in [-0.2, 0) is 0 Å². The van der Waals surface area contributed by atoms with Crippen molar-refractivity contribution in [1.29, 1.82) is 0 Å². The molecule has 1 heterocycles. The fourth-order valence-corrected chi connectivity index (χ4v) is 1.85. The molecule has 1 N–H and O–H groups in total. The maximum Gasteiger partial charge on any atom is 0.257 e. The lowest BCUT2D eigenvalue weighted by atomic mass is 10.1. The van der Waals surface area contributed by atoms with Gasteiger partial charge < -0.3 is 10.1 Å². The van der Waals surface area contributed by atoms with E-state index in [1.165, 1.54) is 18.2 Å². The van der Waals surface area contributed by atoms with Gasteiger partial charge in [-0.3, -0.25) is 9.59 Å². The monoisotopic (exact) mass is 327 g/mol. The van der Waals surface area contributed by atoms with E-state index in [4.69, 9.17) is 51.1 Å². The second kappa shape index (κ2) is 4.78. The molecule has 1 aromatic carbocycles. The average Bonchev–Trinajstić information content (AvgIpc) is 2.27. The van der Waals surface area contributed by atoms with E-state index in [1.807, 2.05) is 0 Å². The van der Waals surface area contributed by atoms with E-state index in [9.17, 15) is 9.59 Å². The molecule has 1 aliphatic rings. The van der Waals surface area contributed by atoms with Gasteiger partial charge in [-0.1, -0.05) is 34.8 Å². The van der Waals surface area contributed by atoms with Crippen molar-refractivity contribution in [3.05, 3.63) is 29.3 Å². The Labute approximate surface area is 122 Å². The number of halogens is 4. The number of carbonyl (C=O) groups excluding carboxylic acids is 2. The summed E-state index contributed by atoms with van der Waals surface area (Å²) in [4.78, 5) is 22.8. The predicted molar refractivity (Wildman–Crippen MR) is 68.8 cm³/mol. The molecule has 1 aliphatic heterocycles. The average molecular weight is 329 g/mol. The first-order chi connectivity index (χ1) is 8.29. The van der Waals surface area contributed by atoms with Crippen molar-refractivity contribution in [2.45, 2.75) is 10.0 Å². The Kier molecular flexibility index (Phi) is 3.65. The molecule has 4 nitrogen and oxygen atoms in total. The number of ether oxygens (including phenoxy) is 1. The number of fused-ring (bicyclic) bond motifs is 1. The fourth-order valence-electron chi connectivity index (χ4n) is 1.43. The minimum Gasteiger partial charge on any atom is -0.465 e. The molecule has 1 amide bonds. The summed E-state index contributed by atoms with van der Waals surface area (Å²) in [7, 11) is 0. The van der Waals surface area contributed by atoms with Gasteiger partial charge in [-0.25, -0.2) is 0 Å². The van der Waals surface area contributed by atoms with Crippen LogP contribution < -0.4 is 10.1 Å². The zero-order valence-electron chi connectivity index (χ0n) is 8.55. The lowest BCUT2D eigenvalue weighted by Crippen LogP contribution is -2.50. The van der Waals surface area contributed by atoms with Gasteiger partial charge in [-0.05, 0) is 29.8 Å². The van der Waals surface area contributed by atoms with Crippen LogP contribution in [0, 0.1) is 0 Å². The zero-order valence-corrected chi connectivity index (χ0v) is 11.6. The summed E-state index contributed by atoms with van der Waals surface area (Å²) < 4.78 is 3.52. The van der Waals surface area contributed by atoms with E-state index in [0.29, 0.717) is 0 Å². The molecule has 0 saturated carbocycles. The molecule has 0 bridgehead atoms. The van der Waals surface area contributed by atoms with Crippen molar-refractivity contribution in [1.82, 2.24) is 5.32 Å². The first-order valence-electron chi connectivity index (χ1n) is 4.67. The molecule has 0 aliphatic carbocycles. The van der Waals surface area contributed by atoms with Gasteiger partial charge in [-0.15, -0.1) is 0 Å². The van der Waals surface area contributed by atoms with Crippen molar-refractivity contribution < 1.29 is 14.3 Å². The highest BCUT2D eigenvalue weighted by Gasteiger charge is 2.40. The topological polar surface area (TPSA) is 55.4 Å². The fraction of sp³-hybridized carbons (Fsp3) is 0.200. The molecular formula is C10H5Cl4NO3. The van der Waals surface area contributed by atoms with Crippen LogP contribution in [0.4, 0.5) is 0 Å². The molecule has 0 fully saturated rings. The van der Waals surface area contributed by atoms with Crippen LogP contribution in [0.5, 0.6) is 5.75 Å². The van der Waals surface area contributed by atoms with E-state index in [1.54, 1.807) is 0 Å². The van der Waals surface area contributed by atoms with Crippen molar-refractivity contribution in [3.8, 4) is 5.75 Å². The Balaban J connectivity index is 2.39. The first kappa shape index (κ1) is 13.7. The van der Waals surface area contributed by atoms with Crippen LogP contribution in [0.3, 0.4) is 0 Å². The van der Waals surface area contributed by atoms with Crippen LogP contribution in [-0.4, -0.2) is 21.2 Å². The van der Waals surface area contributed by atoms with Crippen LogP contribution in [0.15, 0.2) is 18.2 Å². The van der Waals surface area contributed by atoms with Gasteiger partial charge in [0.15, 0.2) is 0 Å². The van der Waals surface area contributed by atoms with Crippen molar-refractivity contribution in [2.75, 3.05) is 0 Å². The SMILES string of the molecule is O=C(Cl)c1ccc2c(c1)C(=O)NC(C(Cl)(Cl)Cl)O2. The number of nitrogens with one attached hydrogen (secondary N) is 1. The number of benzene rings is 1. The summed E-state index contributed by atoms with van der Waals surface area (Å²) >= 11 is 22.2. The normalized spacial score (nSPS) is 18.7. The number of hydrogen-bond donors (Lipinski definition) is 1. The van der Waals surface area contributed by atoms with Crippen molar-refractivity contribution in [2.24, 2.45) is 0 Å². The zero-order chi connectivity index (χ0) is 13.5. The Morgan fingerprint density at radius 3 is 2.56 bits per heavy atom. The molecular weight excluding hydrogens is 324 g/mol. The van der Waals surface area contributed by atoms with Crippen molar-refractivity contribution in [3.63, 3.8) is 0 Å². The van der Waals surface area contributed by atoms with Gasteiger partial charge in [0.25, 0.3) is 11.1 Å². The minimum absolute atomic E-state index is 0.159. The highest BCUT2D eigenvalue weighted by Crippen LogP contribution is 2.35. The molecule has 2 rings (SSSR count). The summed E-state index contributed by atoms with van der Waals surface area (Å²) in [5.41, 5.74) is 0.341. The molecule has 96 valence electrons. The van der Waals surface area contributed by atoms with Gasteiger partial charge in [0, 0.05) is 5.56 Å². The van der Waals surface area contributed by atoms with E-state index >= 15 is 0 Å². The molecule has 8 heteroatoms. The van der Waals surface area contributed by atoms with Crippen LogP contribution in [0.2, 0.25) is 0 Å². The standard InChI is InChI=1S/C10H5Cl4NO3/c11-7(16)4-1-2-6-5(3-4)8(17)15-9(18-6)10(12,13)14/h1-3,9H,(H,15,17). The Morgan fingerprint density at radius 1 is 1.33 bits per heavy atom. The molecule has 0 aromatic heterocycles. The summed E-state index contributed by atoms with van der Waals surface area (Å²) in [5, 5.41) is 1.70. The smallest absolute Gasteiger partial charge is 0.257 e. The predicted octanol–water partition coefficient (Wildman–Crippen LogP) is 2.88. The molecule has 1 atom stereocenters. The largest absolute Gasteiger partial charge is 0.465 e. The van der Waals surface area contributed by atoms with Gasteiger partial charge in [-0.2, -0.15) is 0 Å². The molecule has 0 radical (unpaired) electrons. The number of amides is 1. The molecule has 0 spiro atoms. The highest BCUT2D eigenvalue weighted by atomic mass is 35.6. The van der Waals surface area contributed by atoms with E-state index < -0.39 is 21.2 Å². The minimum atomic E-state index is -1.80. The van der Waals surface area contributed by atoms with Crippen LogP contribution in [0.25, 0.3) is 0 Å². The third-order valence-electron chi connectivity index (χ3n) is 2.26. The van der Waals surface area contributed by atoms with Gasteiger partial charge in [0.1, 0.15) is 5.75 Å². The lowest BCUT2D eigenvalue weighted by molar-refractivity contribution is 0.0763. The summed E-state index contributed by atoms with van der Waals surface area (Å²) in [6.07, 6.45) is -1.10. The number of rotatable bonds is 1. The van der Waals surface area contributed by atoms with Gasteiger partial charge in [0.05, 0.1) is 5.56 Å². The summed E-state index contributed by atoms with van der Waals surface area (Å²) in [6, 6.07) is 4.16. The number of alkyl halides is 3. The molecule has 0 saturated heterocycles. The highest BCUT2D eigenvalue weighted by molar-refractivity contribution is 6.68. The quantitative estimate of drug-likeness (QED) is 0.637. The Morgan fingerprint density at radius 2 is 2.00 bits per heavy atom. The number of hydrogen-bond acceptors (Lipinski definition) is 3. The third kappa shape index (κ3) is 2.67. The Hall–Kier alpha value is -0.680. The van der Waals surface area contributed by atoms with Crippen LogP contribution in [0.1, 0.15) is 20.7 Å². The third-order valence-corrected chi connectivity index (χ3v) is 3.07.